The molecule has 0 saturated carbocycles. The second kappa shape index (κ2) is 8.26. The molecule has 1 heterocycles. The van der Waals surface area contributed by atoms with Gasteiger partial charge in [0.2, 0.25) is 0 Å². The summed E-state index contributed by atoms with van der Waals surface area (Å²) in [6, 6.07) is 5.45. The summed E-state index contributed by atoms with van der Waals surface area (Å²) in [5.41, 5.74) is 1.07. The normalized spacial score (nSPS) is 12.4. The average Bonchev–Trinajstić information content (AvgIpc) is 2.45. The van der Waals surface area contributed by atoms with Gasteiger partial charge in [-0.2, -0.15) is 0 Å². The van der Waals surface area contributed by atoms with Gasteiger partial charge in [0.05, 0.1) is 12.8 Å². The molecule has 0 fully saturated rings. The van der Waals surface area contributed by atoms with E-state index in [1.165, 1.54) is 14.0 Å². The van der Waals surface area contributed by atoms with Crippen molar-refractivity contribution >= 4 is 23.4 Å². The highest BCUT2D eigenvalue weighted by atomic mass is 16.6. The molecule has 7 nitrogen and oxygen atoms in total. The summed E-state index contributed by atoms with van der Waals surface area (Å²) in [5, 5.41) is 5.90. The van der Waals surface area contributed by atoms with Crippen molar-refractivity contribution in [2.75, 3.05) is 30.9 Å². The fraction of sp³-hybridized carbons (Fsp3) is 0.500. The van der Waals surface area contributed by atoms with Crippen LogP contribution >= 0.6 is 0 Å². The molecule has 1 aliphatic rings. The minimum absolute atomic E-state index is 0.245. The Morgan fingerprint density at radius 3 is 2.52 bits per heavy atom. The first-order valence-electron chi connectivity index (χ1n) is 7.26. The molecule has 0 spiro atoms. The first kappa shape index (κ1) is 18.6. The smallest absolute Gasteiger partial charge is 0.412 e. The van der Waals surface area contributed by atoms with Crippen molar-refractivity contribution in [3.8, 4) is 5.75 Å². The first-order chi connectivity index (χ1) is 10.7. The van der Waals surface area contributed by atoms with Gasteiger partial charge in [-0.15, -0.1) is 0 Å². The van der Waals surface area contributed by atoms with Gasteiger partial charge in [-0.25, -0.2) is 4.79 Å². The number of amides is 1. The summed E-state index contributed by atoms with van der Waals surface area (Å²) in [6.07, 6.45) is -0.459. The molecule has 0 aliphatic carbocycles. The van der Waals surface area contributed by atoms with E-state index in [-0.39, 0.29) is 5.97 Å². The number of hydrogen-bond donors (Lipinski definition) is 2. The highest BCUT2D eigenvalue weighted by Gasteiger charge is 2.17. The molecule has 0 aromatic heterocycles. The van der Waals surface area contributed by atoms with Gasteiger partial charge < -0.3 is 19.5 Å². The zero-order chi connectivity index (χ0) is 17.5. The Morgan fingerprint density at radius 2 is 1.96 bits per heavy atom. The number of methoxy groups -OCH3 is 1. The van der Waals surface area contributed by atoms with Gasteiger partial charge in [-0.1, -0.05) is 0 Å². The molecule has 2 rings (SSSR count). The van der Waals surface area contributed by atoms with Crippen molar-refractivity contribution in [2.45, 2.75) is 33.3 Å². The Kier molecular flexibility index (Phi) is 6.68. The maximum absolute atomic E-state index is 11.6. The molecular weight excluding hydrogens is 300 g/mol. The summed E-state index contributed by atoms with van der Waals surface area (Å²) < 4.78 is 14.8. The monoisotopic (exact) mass is 324 g/mol. The largest absolute Gasteiger partial charge is 0.490 e. The third-order valence-electron chi connectivity index (χ3n) is 2.59. The standard InChI is InChI=1S/C13H18N2O3.C3H6O2/c1-13(2,3)18-12(16)15-9-4-5-11-10(8-9)14-6-7-17-11;1-3(4)5-2/h4-5,8,14H,6-7H2,1-3H3,(H,15,16);1-2H3. The molecule has 1 aliphatic heterocycles. The van der Waals surface area contributed by atoms with E-state index in [1.807, 2.05) is 32.9 Å². The fourth-order valence-corrected chi connectivity index (χ4v) is 1.64. The van der Waals surface area contributed by atoms with Gasteiger partial charge in [0.25, 0.3) is 0 Å². The lowest BCUT2D eigenvalue weighted by molar-refractivity contribution is -0.137. The van der Waals surface area contributed by atoms with Crippen LogP contribution < -0.4 is 15.4 Å². The van der Waals surface area contributed by atoms with Gasteiger partial charge in [-0.3, -0.25) is 10.1 Å². The van der Waals surface area contributed by atoms with E-state index in [4.69, 9.17) is 9.47 Å². The molecule has 0 bridgehead atoms. The Bertz CT molecular complexity index is 552. The second-order valence-corrected chi connectivity index (χ2v) is 5.81. The lowest BCUT2D eigenvalue weighted by Gasteiger charge is -2.21. The van der Waals surface area contributed by atoms with Gasteiger partial charge in [0.15, 0.2) is 0 Å². The van der Waals surface area contributed by atoms with Crippen molar-refractivity contribution in [2.24, 2.45) is 0 Å². The molecule has 0 atom stereocenters. The number of benzene rings is 1. The van der Waals surface area contributed by atoms with E-state index < -0.39 is 11.7 Å². The maximum atomic E-state index is 11.6. The molecule has 128 valence electrons. The Hall–Kier alpha value is -2.44. The summed E-state index contributed by atoms with van der Waals surface area (Å²) in [5.74, 6) is 0.556. The number of carbonyl (C=O) groups excluding carboxylic acids is 2. The fourth-order valence-electron chi connectivity index (χ4n) is 1.64. The number of ether oxygens (including phenoxy) is 3. The first-order valence-corrected chi connectivity index (χ1v) is 7.26. The molecule has 0 radical (unpaired) electrons. The average molecular weight is 324 g/mol. The number of anilines is 2. The van der Waals surface area contributed by atoms with Crippen LogP contribution in [0.25, 0.3) is 0 Å². The predicted molar refractivity (Wildman–Crippen MR) is 88.0 cm³/mol. The Morgan fingerprint density at radius 1 is 1.30 bits per heavy atom. The zero-order valence-electron chi connectivity index (χ0n) is 14.2. The topological polar surface area (TPSA) is 85.9 Å². The van der Waals surface area contributed by atoms with E-state index in [1.54, 1.807) is 6.07 Å². The number of esters is 1. The van der Waals surface area contributed by atoms with E-state index in [0.717, 1.165) is 18.0 Å². The van der Waals surface area contributed by atoms with Crippen LogP contribution in [-0.4, -0.2) is 37.9 Å². The van der Waals surface area contributed by atoms with Crippen molar-refractivity contribution < 1.29 is 23.8 Å². The van der Waals surface area contributed by atoms with Crippen LogP contribution in [-0.2, 0) is 14.3 Å². The van der Waals surface area contributed by atoms with Gasteiger partial charge in [0, 0.05) is 19.2 Å². The van der Waals surface area contributed by atoms with Crippen LogP contribution in [0.15, 0.2) is 18.2 Å². The van der Waals surface area contributed by atoms with Gasteiger partial charge in [-0.05, 0) is 39.0 Å². The van der Waals surface area contributed by atoms with Crippen molar-refractivity contribution in [3.05, 3.63) is 18.2 Å². The third-order valence-corrected chi connectivity index (χ3v) is 2.59. The molecule has 0 saturated heterocycles. The van der Waals surface area contributed by atoms with Crippen LogP contribution in [0.5, 0.6) is 5.75 Å². The molecule has 1 aromatic carbocycles. The number of rotatable bonds is 1. The second-order valence-electron chi connectivity index (χ2n) is 5.81. The van der Waals surface area contributed by atoms with E-state index in [0.29, 0.717) is 12.3 Å². The number of hydrogen-bond acceptors (Lipinski definition) is 6. The minimum Gasteiger partial charge on any atom is -0.490 e. The van der Waals surface area contributed by atoms with Gasteiger partial charge >= 0.3 is 12.1 Å². The van der Waals surface area contributed by atoms with Crippen LogP contribution in [0.4, 0.5) is 16.2 Å². The SMILES string of the molecule is CC(C)(C)OC(=O)Nc1ccc2c(c1)NCCO2.COC(C)=O. The molecule has 7 heteroatoms. The summed E-state index contributed by atoms with van der Waals surface area (Å²) in [4.78, 5) is 21.2. The predicted octanol–water partition coefficient (Wildman–Crippen LogP) is 3.02. The molecule has 1 aromatic rings. The highest BCUT2D eigenvalue weighted by Crippen LogP contribution is 2.30. The van der Waals surface area contributed by atoms with Crippen molar-refractivity contribution in [1.29, 1.82) is 0 Å². The van der Waals surface area contributed by atoms with Gasteiger partial charge in [0.1, 0.15) is 18.0 Å². The quantitative estimate of drug-likeness (QED) is 0.772. The Labute approximate surface area is 136 Å². The van der Waals surface area contributed by atoms with Crippen molar-refractivity contribution in [3.63, 3.8) is 0 Å². The maximum Gasteiger partial charge on any atom is 0.412 e. The summed E-state index contributed by atoms with van der Waals surface area (Å²) >= 11 is 0. The minimum atomic E-state index is -0.500. The van der Waals surface area contributed by atoms with E-state index in [9.17, 15) is 9.59 Å². The number of carbonyl (C=O) groups is 2. The molecule has 0 unspecified atom stereocenters. The van der Waals surface area contributed by atoms with Crippen LogP contribution in [0.2, 0.25) is 0 Å². The highest BCUT2D eigenvalue weighted by molar-refractivity contribution is 5.86. The number of nitrogens with one attached hydrogen (secondary N) is 2. The summed E-state index contributed by atoms with van der Waals surface area (Å²) in [6.45, 7) is 8.27. The molecule has 23 heavy (non-hydrogen) atoms. The Balaban J connectivity index is 0.000000463. The van der Waals surface area contributed by atoms with E-state index >= 15 is 0 Å². The summed E-state index contributed by atoms with van der Waals surface area (Å²) in [7, 11) is 1.35. The third kappa shape index (κ3) is 7.39. The van der Waals surface area contributed by atoms with Crippen LogP contribution in [0.3, 0.4) is 0 Å². The zero-order valence-corrected chi connectivity index (χ0v) is 14.2. The molecular formula is C16H24N2O5. The molecule has 1 amide bonds. The van der Waals surface area contributed by atoms with Crippen LogP contribution in [0, 0.1) is 0 Å². The lowest BCUT2D eigenvalue weighted by Crippen LogP contribution is -2.27. The van der Waals surface area contributed by atoms with Crippen molar-refractivity contribution in [1.82, 2.24) is 0 Å². The number of fused-ring (bicyclic) bond motifs is 1. The van der Waals surface area contributed by atoms with E-state index in [2.05, 4.69) is 15.4 Å². The van der Waals surface area contributed by atoms with Crippen LogP contribution in [0.1, 0.15) is 27.7 Å². The lowest BCUT2D eigenvalue weighted by atomic mass is 10.2. The molecule has 2 N–H and O–H groups in total.